The van der Waals surface area contributed by atoms with Crippen molar-refractivity contribution in [2.45, 2.75) is 45.7 Å². The van der Waals surface area contributed by atoms with Crippen molar-refractivity contribution in [3.8, 4) is 17.1 Å². The van der Waals surface area contributed by atoms with Gasteiger partial charge in [0.1, 0.15) is 18.1 Å². The van der Waals surface area contributed by atoms with Gasteiger partial charge >= 0.3 is 0 Å². The van der Waals surface area contributed by atoms with Crippen molar-refractivity contribution in [3.63, 3.8) is 0 Å². The first kappa shape index (κ1) is 24.5. The van der Waals surface area contributed by atoms with Crippen LogP contribution in [0.3, 0.4) is 0 Å². The molecular weight excluding hydrogens is 466 g/mol. The number of ether oxygens (including phenoxy) is 1. The number of carbonyl (C=O) groups excluding carboxylic acids is 2. The van der Waals surface area contributed by atoms with Gasteiger partial charge in [0.25, 0.3) is 0 Å². The monoisotopic (exact) mass is 497 g/mol. The summed E-state index contributed by atoms with van der Waals surface area (Å²) in [7, 11) is 1.64. The molecule has 0 aliphatic carbocycles. The summed E-state index contributed by atoms with van der Waals surface area (Å²) in [6.45, 7) is 4.17. The molecule has 3 aromatic carbocycles. The molecule has 1 aromatic heterocycles. The number of anilines is 1. The summed E-state index contributed by atoms with van der Waals surface area (Å²) in [4.78, 5) is 32.7. The molecule has 0 bridgehead atoms. The molecule has 4 aromatic rings. The number of nitrogens with zero attached hydrogens (tertiary/aromatic N) is 3. The second-order valence-corrected chi connectivity index (χ2v) is 9.48. The van der Waals surface area contributed by atoms with Crippen molar-refractivity contribution in [2.75, 3.05) is 12.0 Å². The van der Waals surface area contributed by atoms with Gasteiger partial charge in [0, 0.05) is 22.7 Å². The Bertz CT molecular complexity index is 1430. The van der Waals surface area contributed by atoms with Crippen LogP contribution in [0, 0.1) is 5.92 Å². The minimum atomic E-state index is -0.590. The van der Waals surface area contributed by atoms with Gasteiger partial charge in [-0.15, -0.1) is 0 Å². The summed E-state index contributed by atoms with van der Waals surface area (Å²) in [5.41, 5.74) is 3.78. The summed E-state index contributed by atoms with van der Waals surface area (Å²) in [6, 6.07) is 17.4. The minimum absolute atomic E-state index is 0.0885. The van der Waals surface area contributed by atoms with Crippen molar-refractivity contribution in [1.82, 2.24) is 20.5 Å². The van der Waals surface area contributed by atoms with E-state index >= 15 is 0 Å². The van der Waals surface area contributed by atoms with E-state index in [0.717, 1.165) is 39.6 Å². The number of hydrogen-bond donors (Lipinski definition) is 2. The predicted molar refractivity (Wildman–Crippen MR) is 143 cm³/mol. The van der Waals surface area contributed by atoms with Gasteiger partial charge in [0.15, 0.2) is 5.82 Å². The van der Waals surface area contributed by atoms with E-state index in [9.17, 15) is 9.59 Å². The molecule has 0 fully saturated rings. The number of carbonyl (C=O) groups is 2. The van der Waals surface area contributed by atoms with E-state index in [4.69, 9.17) is 4.74 Å². The van der Waals surface area contributed by atoms with E-state index < -0.39 is 6.04 Å². The molecule has 2 atom stereocenters. The average molecular weight is 498 g/mol. The van der Waals surface area contributed by atoms with Gasteiger partial charge in [0.05, 0.1) is 13.7 Å². The zero-order valence-electron chi connectivity index (χ0n) is 21.3. The van der Waals surface area contributed by atoms with Gasteiger partial charge < -0.3 is 15.0 Å². The number of H-pyrrole nitrogens is 1. The average Bonchev–Trinajstić information content (AvgIpc) is 3.44. The summed E-state index contributed by atoms with van der Waals surface area (Å²) in [5, 5.41) is 11.9. The molecule has 1 aliphatic heterocycles. The van der Waals surface area contributed by atoms with Crippen LogP contribution in [0.1, 0.15) is 37.8 Å². The number of fused-ring (bicyclic) bond motifs is 2. The zero-order chi connectivity index (χ0) is 25.9. The Morgan fingerprint density at radius 1 is 1.22 bits per heavy atom. The lowest BCUT2D eigenvalue weighted by Crippen LogP contribution is -2.49. The van der Waals surface area contributed by atoms with Crippen molar-refractivity contribution in [2.24, 2.45) is 5.92 Å². The number of aromatic amines is 1. The smallest absolute Gasteiger partial charge is 0.249 e. The first-order valence-corrected chi connectivity index (χ1v) is 12.6. The summed E-state index contributed by atoms with van der Waals surface area (Å²) >= 11 is 0. The summed E-state index contributed by atoms with van der Waals surface area (Å²) < 4.78 is 5.75. The number of aryl methyl sites for hydroxylation is 1. The van der Waals surface area contributed by atoms with E-state index in [1.54, 1.807) is 12.0 Å². The van der Waals surface area contributed by atoms with Crippen LogP contribution >= 0.6 is 0 Å². The molecule has 8 nitrogen and oxygen atoms in total. The number of para-hydroxylation sites is 1. The van der Waals surface area contributed by atoms with E-state index in [1.807, 2.05) is 62.4 Å². The molecule has 2 N–H and O–H groups in total. The first-order chi connectivity index (χ1) is 18.0. The molecule has 37 heavy (non-hydrogen) atoms. The number of aromatic nitrogens is 3. The Balaban J connectivity index is 1.56. The van der Waals surface area contributed by atoms with Crippen LogP contribution < -0.4 is 15.0 Å². The van der Waals surface area contributed by atoms with Crippen molar-refractivity contribution in [1.29, 1.82) is 0 Å². The molecule has 2 heterocycles. The normalized spacial score (nSPS) is 16.2. The number of methoxy groups -OCH3 is 1. The van der Waals surface area contributed by atoms with Crippen LogP contribution in [-0.2, 0) is 22.6 Å². The topological polar surface area (TPSA) is 100 Å². The predicted octanol–water partition coefficient (Wildman–Crippen LogP) is 4.64. The number of hydrogen-bond acceptors (Lipinski definition) is 5. The van der Waals surface area contributed by atoms with E-state index in [-0.39, 0.29) is 17.7 Å². The third-order valence-electron chi connectivity index (χ3n) is 7.24. The molecule has 2 amide bonds. The molecule has 0 spiro atoms. The second kappa shape index (κ2) is 10.4. The Kier molecular flexibility index (Phi) is 6.90. The highest BCUT2D eigenvalue weighted by Crippen LogP contribution is 2.35. The van der Waals surface area contributed by atoms with Crippen LogP contribution in [0.25, 0.3) is 22.2 Å². The van der Waals surface area contributed by atoms with E-state index in [2.05, 4.69) is 26.6 Å². The molecule has 1 aliphatic rings. The largest absolute Gasteiger partial charge is 0.496 e. The maximum absolute atomic E-state index is 14.0. The standard InChI is InChI=1S/C29H31N5O3/c1-4-18(2)28(35)32-24-13-10-19-7-5-6-8-25(19)34(29(24)36)16-23-22-12-9-21(27-30-17-31-33-27)15-20(22)11-14-26(23)37-3/h5-9,11-12,14-15,17-18,24H,4,10,13,16H2,1-3H3,(H,32,35)(H,30,31,33)/t18-,24+/m1/s1. The Hall–Kier alpha value is -4.20. The molecule has 5 rings (SSSR count). The molecule has 8 heteroatoms. The van der Waals surface area contributed by atoms with Crippen LogP contribution in [0.2, 0.25) is 0 Å². The molecular formula is C29H31N5O3. The van der Waals surface area contributed by atoms with Crippen LogP contribution in [0.4, 0.5) is 5.69 Å². The Labute approximate surface area is 216 Å². The summed E-state index contributed by atoms with van der Waals surface area (Å²) in [5.74, 6) is 1.04. The lowest BCUT2D eigenvalue weighted by atomic mass is 9.99. The van der Waals surface area contributed by atoms with Gasteiger partial charge in [0.2, 0.25) is 11.8 Å². The van der Waals surface area contributed by atoms with Crippen molar-refractivity contribution >= 4 is 28.3 Å². The maximum Gasteiger partial charge on any atom is 0.249 e. The van der Waals surface area contributed by atoms with Gasteiger partial charge in [-0.25, -0.2) is 4.98 Å². The highest BCUT2D eigenvalue weighted by molar-refractivity contribution is 6.01. The van der Waals surface area contributed by atoms with Gasteiger partial charge in [-0.3, -0.25) is 14.7 Å². The van der Waals surface area contributed by atoms with Crippen LogP contribution in [-0.4, -0.2) is 40.1 Å². The third kappa shape index (κ3) is 4.79. The molecule has 0 unspecified atom stereocenters. The quantitative estimate of drug-likeness (QED) is 0.387. The van der Waals surface area contributed by atoms with Gasteiger partial charge in [-0.05, 0) is 53.8 Å². The lowest BCUT2D eigenvalue weighted by Gasteiger charge is -2.28. The van der Waals surface area contributed by atoms with Crippen LogP contribution in [0.5, 0.6) is 5.75 Å². The number of nitrogens with one attached hydrogen (secondary N) is 2. The van der Waals surface area contributed by atoms with Crippen LogP contribution in [0.15, 0.2) is 60.9 Å². The maximum atomic E-state index is 14.0. The SMILES string of the molecule is CC[C@@H](C)C(=O)N[C@H]1CCc2ccccc2N(Cc2c(OC)ccc3cc(-c4ncn[nH]4)ccc23)C1=O. The number of benzene rings is 3. The van der Waals surface area contributed by atoms with Crippen molar-refractivity contribution in [3.05, 3.63) is 72.1 Å². The van der Waals surface area contributed by atoms with Gasteiger partial charge in [-0.1, -0.05) is 50.2 Å². The van der Waals surface area contributed by atoms with E-state index in [1.165, 1.54) is 6.33 Å². The zero-order valence-corrected chi connectivity index (χ0v) is 21.3. The molecule has 0 saturated heterocycles. The summed E-state index contributed by atoms with van der Waals surface area (Å²) in [6.07, 6.45) is 3.47. The van der Waals surface area contributed by atoms with E-state index in [0.29, 0.717) is 31.0 Å². The Morgan fingerprint density at radius 2 is 2.05 bits per heavy atom. The molecule has 190 valence electrons. The minimum Gasteiger partial charge on any atom is -0.496 e. The fourth-order valence-corrected chi connectivity index (χ4v) is 4.89. The van der Waals surface area contributed by atoms with Gasteiger partial charge in [-0.2, -0.15) is 5.10 Å². The second-order valence-electron chi connectivity index (χ2n) is 9.48. The number of amides is 2. The third-order valence-corrected chi connectivity index (χ3v) is 7.24. The fraction of sp³-hybridized carbons (Fsp3) is 0.310. The molecule has 0 saturated carbocycles. The first-order valence-electron chi connectivity index (χ1n) is 12.6. The fourth-order valence-electron chi connectivity index (χ4n) is 4.89. The van der Waals surface area contributed by atoms with Crippen molar-refractivity contribution < 1.29 is 14.3 Å². The number of rotatable bonds is 7. The highest BCUT2D eigenvalue weighted by atomic mass is 16.5. The molecule has 0 radical (unpaired) electrons. The Morgan fingerprint density at radius 3 is 2.81 bits per heavy atom. The lowest BCUT2D eigenvalue weighted by molar-refractivity contribution is -0.129. The highest BCUT2D eigenvalue weighted by Gasteiger charge is 2.33.